The van der Waals surface area contributed by atoms with E-state index in [1.165, 1.54) is 11.0 Å². The lowest BCUT2D eigenvalue weighted by Crippen LogP contribution is -2.18. The van der Waals surface area contributed by atoms with Crippen molar-refractivity contribution in [3.63, 3.8) is 0 Å². The number of carboxylic acid groups (broad SMARTS) is 1. The second-order valence-electron chi connectivity index (χ2n) is 6.49. The molecule has 2 N–H and O–H groups in total. The molecule has 0 saturated carbocycles. The molecule has 0 spiro atoms. The Morgan fingerprint density at radius 3 is 2.67 bits per heavy atom. The van der Waals surface area contributed by atoms with Gasteiger partial charge in [0.05, 0.1) is 0 Å². The number of nitrogens with zero attached hydrogens (tertiary/aromatic N) is 5. The van der Waals surface area contributed by atoms with Gasteiger partial charge in [-0.2, -0.15) is 4.68 Å². The van der Waals surface area contributed by atoms with Crippen molar-refractivity contribution in [1.29, 1.82) is 0 Å². The number of hydrogen-bond donors (Lipinski definition) is 2. The summed E-state index contributed by atoms with van der Waals surface area (Å²) in [4.78, 5) is 29.5. The van der Waals surface area contributed by atoms with Crippen LogP contribution in [0.3, 0.4) is 0 Å². The molecule has 0 unspecified atom stereocenters. The van der Waals surface area contributed by atoms with Gasteiger partial charge in [-0.15, -0.1) is 5.10 Å². The molecule has 0 aliphatic rings. The molecule has 0 atom stereocenters. The molecule has 10 nitrogen and oxygen atoms in total. The van der Waals surface area contributed by atoms with Gasteiger partial charge in [-0.05, 0) is 41.1 Å². The van der Waals surface area contributed by atoms with E-state index in [1.807, 2.05) is 31.2 Å². The molecule has 30 heavy (non-hydrogen) atoms. The SMILES string of the molecule is Cc1ccc(COc2ccc(-c3ncc(C(=O)O)c(=O)[nH]3)cc2-n2cnnn2)cc1. The normalized spacial score (nSPS) is 10.7. The van der Waals surface area contributed by atoms with Gasteiger partial charge in [0, 0.05) is 11.8 Å². The topological polar surface area (TPSA) is 136 Å². The molecular weight excluding hydrogens is 388 g/mol. The van der Waals surface area contributed by atoms with Crippen molar-refractivity contribution < 1.29 is 14.6 Å². The van der Waals surface area contributed by atoms with Crippen molar-refractivity contribution in [2.45, 2.75) is 13.5 Å². The average molecular weight is 404 g/mol. The fraction of sp³-hybridized carbons (Fsp3) is 0.100. The van der Waals surface area contributed by atoms with Gasteiger partial charge in [0.2, 0.25) is 0 Å². The quantitative estimate of drug-likeness (QED) is 0.498. The monoisotopic (exact) mass is 404 g/mol. The van der Waals surface area contributed by atoms with E-state index in [1.54, 1.807) is 18.2 Å². The van der Waals surface area contributed by atoms with Crippen LogP contribution in [0, 0.1) is 6.92 Å². The number of benzene rings is 2. The zero-order valence-corrected chi connectivity index (χ0v) is 15.8. The summed E-state index contributed by atoms with van der Waals surface area (Å²) >= 11 is 0. The Hall–Kier alpha value is -4.34. The van der Waals surface area contributed by atoms with Gasteiger partial charge in [-0.3, -0.25) is 4.79 Å². The van der Waals surface area contributed by atoms with Gasteiger partial charge in [-0.25, -0.2) is 9.78 Å². The van der Waals surface area contributed by atoms with Crippen molar-refractivity contribution in [2.75, 3.05) is 0 Å². The molecule has 10 heteroatoms. The fourth-order valence-corrected chi connectivity index (χ4v) is 2.78. The van der Waals surface area contributed by atoms with E-state index in [2.05, 4.69) is 25.5 Å². The number of aromatic carboxylic acids is 1. The van der Waals surface area contributed by atoms with Crippen LogP contribution in [0.15, 0.2) is 59.8 Å². The number of aryl methyl sites for hydroxylation is 1. The molecule has 4 aromatic rings. The number of aromatic nitrogens is 6. The van der Waals surface area contributed by atoms with Crippen molar-refractivity contribution in [3.05, 3.63) is 82.0 Å². The number of carboxylic acids is 1. The van der Waals surface area contributed by atoms with Gasteiger partial charge >= 0.3 is 5.97 Å². The minimum atomic E-state index is -1.34. The summed E-state index contributed by atoms with van der Waals surface area (Å²) in [5, 5.41) is 20.2. The Bertz CT molecular complexity index is 1250. The number of ether oxygens (including phenoxy) is 1. The number of H-pyrrole nitrogens is 1. The summed E-state index contributed by atoms with van der Waals surface area (Å²) in [6, 6.07) is 13.1. The lowest BCUT2D eigenvalue weighted by molar-refractivity contribution is 0.0694. The molecule has 0 amide bonds. The predicted molar refractivity (Wildman–Crippen MR) is 105 cm³/mol. The van der Waals surface area contributed by atoms with E-state index < -0.39 is 17.1 Å². The maximum atomic E-state index is 12.0. The van der Waals surface area contributed by atoms with Crippen LogP contribution >= 0.6 is 0 Å². The molecular formula is C20H16N6O4. The molecule has 0 saturated heterocycles. The van der Waals surface area contributed by atoms with E-state index in [0.717, 1.165) is 17.3 Å². The third kappa shape index (κ3) is 3.92. The molecule has 4 rings (SSSR count). The lowest BCUT2D eigenvalue weighted by Gasteiger charge is -2.13. The van der Waals surface area contributed by atoms with Crippen LogP contribution in [-0.4, -0.2) is 41.3 Å². The maximum Gasteiger partial charge on any atom is 0.342 e. The second kappa shape index (κ2) is 7.95. The van der Waals surface area contributed by atoms with Gasteiger partial charge in [0.15, 0.2) is 0 Å². The van der Waals surface area contributed by atoms with Crippen LogP contribution in [0.2, 0.25) is 0 Å². The third-order valence-electron chi connectivity index (χ3n) is 4.37. The Morgan fingerprint density at radius 1 is 1.20 bits per heavy atom. The Morgan fingerprint density at radius 2 is 2.00 bits per heavy atom. The minimum Gasteiger partial charge on any atom is -0.487 e. The predicted octanol–water partition coefficient (Wildman–Crippen LogP) is 2.00. The number of rotatable bonds is 6. The van der Waals surface area contributed by atoms with Crippen molar-refractivity contribution >= 4 is 5.97 Å². The highest BCUT2D eigenvalue weighted by atomic mass is 16.5. The number of tetrazole rings is 1. The van der Waals surface area contributed by atoms with Crippen LogP contribution in [0.1, 0.15) is 21.5 Å². The second-order valence-corrected chi connectivity index (χ2v) is 6.49. The smallest absolute Gasteiger partial charge is 0.342 e. The van der Waals surface area contributed by atoms with Gasteiger partial charge < -0.3 is 14.8 Å². The summed E-state index contributed by atoms with van der Waals surface area (Å²) in [6.07, 6.45) is 2.44. The molecule has 2 aromatic carbocycles. The van der Waals surface area contributed by atoms with Gasteiger partial charge in [0.1, 0.15) is 35.8 Å². The highest BCUT2D eigenvalue weighted by Gasteiger charge is 2.14. The summed E-state index contributed by atoms with van der Waals surface area (Å²) in [5.41, 5.74) is 2.07. The molecule has 0 fully saturated rings. The van der Waals surface area contributed by atoms with E-state index in [-0.39, 0.29) is 5.82 Å². The van der Waals surface area contributed by atoms with E-state index in [4.69, 9.17) is 9.84 Å². The first-order chi connectivity index (χ1) is 14.5. The van der Waals surface area contributed by atoms with Gasteiger partial charge in [0.25, 0.3) is 5.56 Å². The molecule has 0 bridgehead atoms. The van der Waals surface area contributed by atoms with Crippen molar-refractivity contribution in [3.8, 4) is 22.8 Å². The maximum absolute atomic E-state index is 12.0. The van der Waals surface area contributed by atoms with Crippen LogP contribution in [0.5, 0.6) is 5.75 Å². The summed E-state index contributed by atoms with van der Waals surface area (Å²) < 4.78 is 7.39. The van der Waals surface area contributed by atoms with Gasteiger partial charge in [-0.1, -0.05) is 29.8 Å². The summed E-state index contributed by atoms with van der Waals surface area (Å²) in [5.74, 6) is -0.606. The minimum absolute atomic E-state index is 0.212. The lowest BCUT2D eigenvalue weighted by atomic mass is 10.1. The standard InChI is InChI=1S/C20H16N6O4/c1-12-2-4-13(5-3-12)10-30-17-7-6-14(8-16(17)26-11-22-24-25-26)18-21-9-15(20(28)29)19(27)23-18/h2-9,11H,10H2,1H3,(H,28,29)(H,21,23,27). The summed E-state index contributed by atoms with van der Waals surface area (Å²) in [7, 11) is 0. The molecule has 2 heterocycles. The number of aromatic amines is 1. The van der Waals surface area contributed by atoms with E-state index >= 15 is 0 Å². The van der Waals surface area contributed by atoms with E-state index in [0.29, 0.717) is 23.6 Å². The Kier molecular flexibility index (Phi) is 5.04. The third-order valence-corrected chi connectivity index (χ3v) is 4.37. The molecule has 150 valence electrons. The fourth-order valence-electron chi connectivity index (χ4n) is 2.78. The van der Waals surface area contributed by atoms with Crippen LogP contribution in [-0.2, 0) is 6.61 Å². The van der Waals surface area contributed by atoms with E-state index in [9.17, 15) is 9.59 Å². The number of hydrogen-bond acceptors (Lipinski definition) is 7. The summed E-state index contributed by atoms with van der Waals surface area (Å²) in [6.45, 7) is 2.36. The molecule has 2 aromatic heterocycles. The highest BCUT2D eigenvalue weighted by molar-refractivity contribution is 5.86. The highest BCUT2D eigenvalue weighted by Crippen LogP contribution is 2.28. The Balaban J connectivity index is 1.69. The first kappa shape index (κ1) is 19.0. The zero-order chi connectivity index (χ0) is 21.1. The van der Waals surface area contributed by atoms with Crippen LogP contribution in [0.25, 0.3) is 17.1 Å². The molecule has 0 aliphatic heterocycles. The zero-order valence-electron chi connectivity index (χ0n) is 15.8. The number of nitrogens with one attached hydrogen (secondary N) is 1. The molecule has 0 aliphatic carbocycles. The Labute approximate surface area is 169 Å². The largest absolute Gasteiger partial charge is 0.487 e. The van der Waals surface area contributed by atoms with Crippen molar-refractivity contribution in [1.82, 2.24) is 30.2 Å². The molecule has 0 radical (unpaired) electrons. The van der Waals surface area contributed by atoms with Crippen LogP contribution in [0.4, 0.5) is 0 Å². The van der Waals surface area contributed by atoms with Crippen molar-refractivity contribution in [2.24, 2.45) is 0 Å². The average Bonchev–Trinajstić information content (AvgIpc) is 3.28. The number of carbonyl (C=O) groups is 1. The first-order valence-electron chi connectivity index (χ1n) is 8.90. The van der Waals surface area contributed by atoms with Crippen LogP contribution < -0.4 is 10.3 Å². The first-order valence-corrected chi connectivity index (χ1v) is 8.90.